The maximum Gasteiger partial charge on any atom is 0.227 e. The number of nitrogens with zero attached hydrogens (tertiary/aromatic N) is 1. The Bertz CT molecular complexity index is 324. The molecule has 2 fully saturated rings. The average molecular weight is 253 g/mol. The van der Waals surface area contributed by atoms with Crippen LogP contribution in [0.3, 0.4) is 0 Å². The van der Waals surface area contributed by atoms with E-state index in [1.54, 1.807) is 0 Å². The van der Waals surface area contributed by atoms with E-state index in [-0.39, 0.29) is 29.7 Å². The van der Waals surface area contributed by atoms with Crippen molar-refractivity contribution in [3.8, 4) is 0 Å². The number of amides is 2. The average Bonchev–Trinajstić information content (AvgIpc) is 2.38. The quantitative estimate of drug-likeness (QED) is 0.733. The smallest absolute Gasteiger partial charge is 0.227 e. The zero-order valence-electron chi connectivity index (χ0n) is 11.0. The van der Waals surface area contributed by atoms with Crippen LogP contribution in [-0.4, -0.2) is 42.4 Å². The summed E-state index contributed by atoms with van der Waals surface area (Å²) in [6.45, 7) is 4.44. The fourth-order valence-corrected chi connectivity index (χ4v) is 3.00. The highest BCUT2D eigenvalue weighted by molar-refractivity contribution is 5.81. The van der Waals surface area contributed by atoms with E-state index in [2.05, 4.69) is 12.2 Å². The predicted molar refractivity (Wildman–Crippen MR) is 68.7 cm³/mol. The van der Waals surface area contributed by atoms with Gasteiger partial charge in [-0.2, -0.15) is 0 Å². The Morgan fingerprint density at radius 1 is 1.22 bits per heavy atom. The van der Waals surface area contributed by atoms with E-state index in [0.717, 1.165) is 32.2 Å². The lowest BCUT2D eigenvalue weighted by Gasteiger charge is -2.36. The third-order valence-corrected chi connectivity index (χ3v) is 4.29. The van der Waals surface area contributed by atoms with Crippen LogP contribution >= 0.6 is 0 Å². The first kappa shape index (κ1) is 13.3. The van der Waals surface area contributed by atoms with Gasteiger partial charge in [0.05, 0.1) is 5.92 Å². The molecular weight excluding hydrogens is 230 g/mol. The van der Waals surface area contributed by atoms with Gasteiger partial charge in [-0.3, -0.25) is 9.59 Å². The third-order valence-electron chi connectivity index (χ3n) is 4.29. The molecular formula is C13H23N3O2. The van der Waals surface area contributed by atoms with Gasteiger partial charge in [-0.05, 0) is 39.2 Å². The summed E-state index contributed by atoms with van der Waals surface area (Å²) in [5.74, 6) is 0.0762. The first-order valence-corrected chi connectivity index (χ1v) is 6.91. The molecule has 2 heterocycles. The lowest BCUT2D eigenvalue weighted by molar-refractivity contribution is -0.140. The minimum absolute atomic E-state index is 0.0454. The number of nitrogens with two attached hydrogens (primary N) is 1. The summed E-state index contributed by atoms with van der Waals surface area (Å²) in [5, 5.41) is 3.36. The summed E-state index contributed by atoms with van der Waals surface area (Å²) in [6.07, 6.45) is 3.48. The molecule has 2 aliphatic rings. The van der Waals surface area contributed by atoms with Crippen molar-refractivity contribution in [3.63, 3.8) is 0 Å². The molecule has 2 unspecified atom stereocenters. The van der Waals surface area contributed by atoms with Gasteiger partial charge in [0.2, 0.25) is 11.8 Å². The molecule has 0 bridgehead atoms. The van der Waals surface area contributed by atoms with Gasteiger partial charge in [0.15, 0.2) is 0 Å². The van der Waals surface area contributed by atoms with E-state index in [4.69, 9.17) is 5.73 Å². The van der Waals surface area contributed by atoms with E-state index < -0.39 is 0 Å². The van der Waals surface area contributed by atoms with Crippen LogP contribution in [0.5, 0.6) is 0 Å². The van der Waals surface area contributed by atoms with Crippen molar-refractivity contribution in [2.75, 3.05) is 19.6 Å². The molecule has 0 aromatic rings. The Morgan fingerprint density at radius 2 is 1.89 bits per heavy atom. The van der Waals surface area contributed by atoms with Gasteiger partial charge in [0.25, 0.3) is 0 Å². The number of nitrogens with one attached hydrogen (secondary N) is 1. The maximum atomic E-state index is 12.4. The SMILES string of the molecule is CC1NCCCC1C(=O)N1CCC(C(N)=O)CC1. The third kappa shape index (κ3) is 2.83. The molecule has 18 heavy (non-hydrogen) atoms. The van der Waals surface area contributed by atoms with E-state index in [1.807, 2.05) is 4.90 Å². The topological polar surface area (TPSA) is 75.4 Å². The molecule has 3 N–H and O–H groups in total. The van der Waals surface area contributed by atoms with Gasteiger partial charge in [-0.1, -0.05) is 0 Å². The lowest BCUT2D eigenvalue weighted by Crippen LogP contribution is -2.50. The van der Waals surface area contributed by atoms with Crippen molar-refractivity contribution >= 4 is 11.8 Å². The minimum atomic E-state index is -0.227. The maximum absolute atomic E-state index is 12.4. The van der Waals surface area contributed by atoms with Gasteiger partial charge in [0, 0.05) is 25.0 Å². The van der Waals surface area contributed by atoms with Crippen molar-refractivity contribution in [3.05, 3.63) is 0 Å². The molecule has 0 aromatic heterocycles. The second kappa shape index (κ2) is 5.69. The highest BCUT2D eigenvalue weighted by Gasteiger charge is 2.33. The molecule has 2 atom stereocenters. The molecule has 0 aliphatic carbocycles. The van der Waals surface area contributed by atoms with Crippen LogP contribution in [-0.2, 0) is 9.59 Å². The molecule has 5 nitrogen and oxygen atoms in total. The zero-order valence-corrected chi connectivity index (χ0v) is 11.0. The summed E-state index contributed by atoms with van der Waals surface area (Å²) >= 11 is 0. The van der Waals surface area contributed by atoms with Crippen LogP contribution in [0.2, 0.25) is 0 Å². The summed E-state index contributed by atoms with van der Waals surface area (Å²) in [5.41, 5.74) is 5.30. The molecule has 102 valence electrons. The van der Waals surface area contributed by atoms with Gasteiger partial charge in [0.1, 0.15) is 0 Å². The fraction of sp³-hybridized carbons (Fsp3) is 0.846. The molecule has 2 amide bonds. The van der Waals surface area contributed by atoms with Crippen molar-refractivity contribution in [2.24, 2.45) is 17.6 Å². The minimum Gasteiger partial charge on any atom is -0.369 e. The molecule has 5 heteroatoms. The number of rotatable bonds is 2. The summed E-state index contributed by atoms with van der Waals surface area (Å²) < 4.78 is 0. The van der Waals surface area contributed by atoms with Crippen LogP contribution in [0.4, 0.5) is 0 Å². The van der Waals surface area contributed by atoms with Crippen molar-refractivity contribution in [2.45, 2.75) is 38.6 Å². The number of hydrogen-bond donors (Lipinski definition) is 2. The van der Waals surface area contributed by atoms with Crippen molar-refractivity contribution in [1.82, 2.24) is 10.2 Å². The predicted octanol–water partition coefficient (Wildman–Crippen LogP) is 0.0984. The van der Waals surface area contributed by atoms with Crippen LogP contribution < -0.4 is 11.1 Å². The number of carbonyl (C=O) groups is 2. The van der Waals surface area contributed by atoms with Gasteiger partial charge in [-0.15, -0.1) is 0 Å². The number of likely N-dealkylation sites (tertiary alicyclic amines) is 1. The van der Waals surface area contributed by atoms with Crippen LogP contribution in [0, 0.1) is 11.8 Å². The lowest BCUT2D eigenvalue weighted by atomic mass is 9.89. The number of hydrogen-bond acceptors (Lipinski definition) is 3. The van der Waals surface area contributed by atoms with Crippen LogP contribution in [0.15, 0.2) is 0 Å². The molecule has 0 aromatic carbocycles. The molecule has 2 aliphatic heterocycles. The van der Waals surface area contributed by atoms with Crippen LogP contribution in [0.1, 0.15) is 32.6 Å². The second-order valence-electron chi connectivity index (χ2n) is 5.49. The van der Waals surface area contributed by atoms with E-state index in [9.17, 15) is 9.59 Å². The van der Waals surface area contributed by atoms with E-state index >= 15 is 0 Å². The summed E-state index contributed by atoms with van der Waals surface area (Å²) in [7, 11) is 0. The normalized spacial score (nSPS) is 30.2. The highest BCUT2D eigenvalue weighted by atomic mass is 16.2. The van der Waals surface area contributed by atoms with Gasteiger partial charge in [-0.25, -0.2) is 0 Å². The zero-order chi connectivity index (χ0) is 13.1. The highest BCUT2D eigenvalue weighted by Crippen LogP contribution is 2.23. The van der Waals surface area contributed by atoms with E-state index in [1.165, 1.54) is 0 Å². The second-order valence-corrected chi connectivity index (χ2v) is 5.49. The first-order chi connectivity index (χ1) is 8.59. The van der Waals surface area contributed by atoms with E-state index in [0.29, 0.717) is 13.1 Å². The Kier molecular flexibility index (Phi) is 4.22. The summed E-state index contributed by atoms with van der Waals surface area (Å²) in [6, 6.07) is 0.264. The molecule has 0 spiro atoms. The summed E-state index contributed by atoms with van der Waals surface area (Å²) in [4.78, 5) is 25.4. The Labute approximate surface area is 108 Å². The van der Waals surface area contributed by atoms with Crippen LogP contribution in [0.25, 0.3) is 0 Å². The molecule has 2 rings (SSSR count). The molecule has 0 radical (unpaired) electrons. The fourth-order valence-electron chi connectivity index (χ4n) is 3.00. The Morgan fingerprint density at radius 3 is 2.44 bits per heavy atom. The standard InChI is InChI=1S/C13H23N3O2/c1-9-11(3-2-6-15-9)13(18)16-7-4-10(5-8-16)12(14)17/h9-11,15H,2-8H2,1H3,(H2,14,17). The largest absolute Gasteiger partial charge is 0.369 e. The van der Waals surface area contributed by atoms with Crippen molar-refractivity contribution < 1.29 is 9.59 Å². The number of piperidine rings is 2. The van der Waals surface area contributed by atoms with Gasteiger partial charge < -0.3 is 16.0 Å². The molecule has 2 saturated heterocycles. The van der Waals surface area contributed by atoms with Crippen molar-refractivity contribution in [1.29, 1.82) is 0 Å². The monoisotopic (exact) mass is 253 g/mol. The first-order valence-electron chi connectivity index (χ1n) is 6.91. The number of carbonyl (C=O) groups excluding carboxylic acids is 2. The van der Waals surface area contributed by atoms with Gasteiger partial charge >= 0.3 is 0 Å². The Hall–Kier alpha value is -1.10. The molecule has 0 saturated carbocycles. The number of primary amides is 1. The Balaban J connectivity index is 1.88.